The number of ether oxygens (including phenoxy) is 2. The summed E-state index contributed by atoms with van der Waals surface area (Å²) in [5.41, 5.74) is 1.43. The first-order chi connectivity index (χ1) is 10.7. The van der Waals surface area contributed by atoms with E-state index in [0.29, 0.717) is 50.0 Å². The number of morpholine rings is 1. The zero-order valence-electron chi connectivity index (χ0n) is 11.7. The maximum Gasteiger partial charge on any atom is 0.243 e. The van der Waals surface area contributed by atoms with Crippen LogP contribution in [0.2, 0.25) is 0 Å². The quantitative estimate of drug-likeness (QED) is 0.828. The Bertz CT molecular complexity index is 808. The van der Waals surface area contributed by atoms with Crippen LogP contribution in [-0.4, -0.2) is 44.2 Å². The summed E-state index contributed by atoms with van der Waals surface area (Å²) in [5.74, 6) is 1.17. The highest BCUT2D eigenvalue weighted by Crippen LogP contribution is 2.39. The van der Waals surface area contributed by atoms with Crippen molar-refractivity contribution in [3.05, 3.63) is 30.0 Å². The fourth-order valence-electron chi connectivity index (χ4n) is 2.65. The Balaban J connectivity index is 1.77. The Morgan fingerprint density at radius 1 is 1.18 bits per heavy atom. The van der Waals surface area contributed by atoms with Gasteiger partial charge < -0.3 is 14.0 Å². The average molecular weight is 322 g/mol. The summed E-state index contributed by atoms with van der Waals surface area (Å²) in [5, 5.41) is 3.75. The molecule has 3 heterocycles. The number of rotatable bonds is 2. The van der Waals surface area contributed by atoms with Crippen molar-refractivity contribution in [1.82, 2.24) is 9.46 Å². The lowest BCUT2D eigenvalue weighted by Crippen LogP contribution is -2.40. The average Bonchev–Trinajstić information content (AvgIpc) is 3.04. The van der Waals surface area contributed by atoms with Crippen LogP contribution in [0, 0.1) is 0 Å². The van der Waals surface area contributed by atoms with Crippen LogP contribution in [0.15, 0.2) is 33.8 Å². The first-order valence-corrected chi connectivity index (χ1v) is 8.39. The van der Waals surface area contributed by atoms with Gasteiger partial charge in [0.2, 0.25) is 10.0 Å². The number of fused-ring (bicyclic) bond motifs is 3. The van der Waals surface area contributed by atoms with Crippen molar-refractivity contribution in [3.63, 3.8) is 0 Å². The maximum absolute atomic E-state index is 12.7. The molecule has 22 heavy (non-hydrogen) atoms. The molecule has 1 saturated heterocycles. The van der Waals surface area contributed by atoms with Crippen LogP contribution in [0.3, 0.4) is 0 Å². The highest BCUT2D eigenvalue weighted by molar-refractivity contribution is 7.89. The van der Waals surface area contributed by atoms with E-state index in [2.05, 4.69) is 5.16 Å². The molecule has 8 heteroatoms. The topological polar surface area (TPSA) is 81.9 Å². The number of hydrogen-bond acceptors (Lipinski definition) is 6. The SMILES string of the molecule is O=S(=O)(c1ccc2c(c1)-c1oncc1CO2)N1CCOCC1. The summed E-state index contributed by atoms with van der Waals surface area (Å²) in [6.45, 7) is 1.94. The summed E-state index contributed by atoms with van der Waals surface area (Å²) in [7, 11) is -3.55. The van der Waals surface area contributed by atoms with Crippen molar-refractivity contribution >= 4 is 10.0 Å². The highest BCUT2D eigenvalue weighted by atomic mass is 32.2. The van der Waals surface area contributed by atoms with Gasteiger partial charge in [0.25, 0.3) is 0 Å². The van der Waals surface area contributed by atoms with Crippen molar-refractivity contribution < 1.29 is 22.4 Å². The molecule has 0 spiro atoms. The fourth-order valence-corrected chi connectivity index (χ4v) is 4.08. The normalized spacial score (nSPS) is 18.4. The van der Waals surface area contributed by atoms with E-state index in [1.54, 1.807) is 24.4 Å². The van der Waals surface area contributed by atoms with E-state index in [-0.39, 0.29) is 4.90 Å². The molecule has 0 N–H and O–H groups in total. The van der Waals surface area contributed by atoms with E-state index in [0.717, 1.165) is 5.56 Å². The van der Waals surface area contributed by atoms with Crippen molar-refractivity contribution in [1.29, 1.82) is 0 Å². The second-order valence-corrected chi connectivity index (χ2v) is 7.08. The van der Waals surface area contributed by atoms with E-state index in [4.69, 9.17) is 14.0 Å². The zero-order valence-corrected chi connectivity index (χ0v) is 12.5. The van der Waals surface area contributed by atoms with E-state index in [1.807, 2.05) is 0 Å². The van der Waals surface area contributed by atoms with Gasteiger partial charge in [-0.25, -0.2) is 8.42 Å². The van der Waals surface area contributed by atoms with Crippen LogP contribution >= 0.6 is 0 Å². The molecule has 0 atom stereocenters. The van der Waals surface area contributed by atoms with Crippen LogP contribution in [-0.2, 0) is 21.4 Å². The fraction of sp³-hybridized carbons (Fsp3) is 0.357. The largest absolute Gasteiger partial charge is 0.488 e. The monoisotopic (exact) mass is 322 g/mol. The summed E-state index contributed by atoms with van der Waals surface area (Å²) in [6, 6.07) is 4.81. The van der Waals surface area contributed by atoms with Gasteiger partial charge in [-0.2, -0.15) is 4.31 Å². The molecule has 0 unspecified atom stereocenters. The standard InChI is InChI=1S/C14H14N2O5S/c17-22(18,16-3-5-19-6-4-16)11-1-2-13-12(7-11)14-10(9-20-13)8-15-21-14/h1-2,7-8H,3-6,9H2. The molecule has 0 amide bonds. The van der Waals surface area contributed by atoms with Crippen molar-refractivity contribution in [2.45, 2.75) is 11.5 Å². The number of nitrogens with zero attached hydrogens (tertiary/aromatic N) is 2. The molecule has 4 rings (SSSR count). The molecule has 0 radical (unpaired) electrons. The Morgan fingerprint density at radius 2 is 2.00 bits per heavy atom. The Hall–Kier alpha value is -1.90. The molecule has 116 valence electrons. The first-order valence-electron chi connectivity index (χ1n) is 6.95. The third-order valence-electron chi connectivity index (χ3n) is 3.83. The summed E-state index contributed by atoms with van der Waals surface area (Å²) in [6.07, 6.45) is 1.58. The molecule has 0 saturated carbocycles. The summed E-state index contributed by atoms with van der Waals surface area (Å²) in [4.78, 5) is 0.223. The molecular formula is C14H14N2O5S. The number of hydrogen-bond donors (Lipinski definition) is 0. The molecule has 1 fully saturated rings. The van der Waals surface area contributed by atoms with Crippen molar-refractivity contribution in [2.75, 3.05) is 26.3 Å². The molecule has 7 nitrogen and oxygen atoms in total. The Morgan fingerprint density at radius 3 is 2.82 bits per heavy atom. The van der Waals surface area contributed by atoms with Gasteiger partial charge in [0.15, 0.2) is 5.76 Å². The minimum atomic E-state index is -3.55. The van der Waals surface area contributed by atoms with E-state index in [9.17, 15) is 8.42 Å². The number of aromatic nitrogens is 1. The summed E-state index contributed by atoms with van der Waals surface area (Å²) < 4.78 is 42.9. The number of sulfonamides is 1. The molecule has 1 aromatic heterocycles. The molecule has 1 aromatic carbocycles. The predicted molar refractivity (Wildman–Crippen MR) is 75.8 cm³/mol. The van der Waals surface area contributed by atoms with Crippen LogP contribution in [0.4, 0.5) is 0 Å². The molecule has 0 aliphatic carbocycles. The molecule has 0 bridgehead atoms. The first kappa shape index (κ1) is 13.7. The van der Waals surface area contributed by atoms with Gasteiger partial charge in [-0.15, -0.1) is 0 Å². The Kier molecular flexibility index (Phi) is 3.17. The minimum Gasteiger partial charge on any atom is -0.488 e. The van der Waals surface area contributed by atoms with Gasteiger partial charge >= 0.3 is 0 Å². The minimum absolute atomic E-state index is 0.223. The smallest absolute Gasteiger partial charge is 0.243 e. The van der Waals surface area contributed by atoms with Crippen molar-refractivity contribution in [3.8, 4) is 17.1 Å². The molecule has 2 aliphatic heterocycles. The van der Waals surface area contributed by atoms with Crippen molar-refractivity contribution in [2.24, 2.45) is 0 Å². The molecule has 2 aliphatic rings. The van der Waals surface area contributed by atoms with Crippen LogP contribution in [0.5, 0.6) is 5.75 Å². The van der Waals surface area contributed by atoms with Crippen LogP contribution in [0.25, 0.3) is 11.3 Å². The lowest BCUT2D eigenvalue weighted by molar-refractivity contribution is 0.0730. The summed E-state index contributed by atoms with van der Waals surface area (Å²) >= 11 is 0. The van der Waals surface area contributed by atoms with Gasteiger partial charge in [-0.05, 0) is 18.2 Å². The lowest BCUT2D eigenvalue weighted by atomic mass is 10.1. The van der Waals surface area contributed by atoms with E-state index < -0.39 is 10.0 Å². The number of benzene rings is 1. The second-order valence-electron chi connectivity index (χ2n) is 5.14. The second kappa shape index (κ2) is 5.08. The van der Waals surface area contributed by atoms with Crippen LogP contribution in [0.1, 0.15) is 5.56 Å². The van der Waals surface area contributed by atoms with Gasteiger partial charge in [-0.3, -0.25) is 0 Å². The van der Waals surface area contributed by atoms with Crippen LogP contribution < -0.4 is 4.74 Å². The van der Waals surface area contributed by atoms with Gasteiger partial charge in [0.05, 0.1) is 35.4 Å². The third kappa shape index (κ3) is 2.11. The molecule has 2 aromatic rings. The molecular weight excluding hydrogens is 308 g/mol. The maximum atomic E-state index is 12.7. The lowest BCUT2D eigenvalue weighted by Gasteiger charge is -2.26. The van der Waals surface area contributed by atoms with E-state index >= 15 is 0 Å². The predicted octanol–water partition coefficient (Wildman–Crippen LogP) is 1.25. The highest BCUT2D eigenvalue weighted by Gasteiger charge is 2.29. The third-order valence-corrected chi connectivity index (χ3v) is 5.73. The van der Waals surface area contributed by atoms with Gasteiger partial charge in [0.1, 0.15) is 12.4 Å². The zero-order chi connectivity index (χ0) is 15.2. The Labute approximate surface area is 127 Å². The van der Waals surface area contributed by atoms with Gasteiger partial charge in [-0.1, -0.05) is 5.16 Å². The van der Waals surface area contributed by atoms with E-state index in [1.165, 1.54) is 4.31 Å². The van der Waals surface area contributed by atoms with Gasteiger partial charge in [0, 0.05) is 13.1 Å².